The van der Waals surface area contributed by atoms with Crippen LogP contribution in [0.15, 0.2) is 60.0 Å². The average molecular weight is 1540 g/mol. The number of rotatable bonds is 48. The number of hydrogen-bond acceptors (Lipinski definition) is 22. The molecular formula is C73H106N10O20S3. The van der Waals surface area contributed by atoms with Crippen LogP contribution in [0.1, 0.15) is 184 Å². The number of aromatic hydroxyl groups is 1. The summed E-state index contributed by atoms with van der Waals surface area (Å²) in [5.74, 6) is -12.5. The maximum Gasteiger partial charge on any atom is 0.426 e. The molecule has 8 amide bonds. The van der Waals surface area contributed by atoms with Gasteiger partial charge in [0.2, 0.25) is 23.6 Å². The van der Waals surface area contributed by atoms with Gasteiger partial charge < -0.3 is 61.4 Å². The van der Waals surface area contributed by atoms with E-state index in [0.717, 1.165) is 41.0 Å². The summed E-state index contributed by atoms with van der Waals surface area (Å²) < 4.78 is 11.0. The summed E-state index contributed by atoms with van der Waals surface area (Å²) in [5, 5.41) is 53.9. The van der Waals surface area contributed by atoms with Gasteiger partial charge in [0.1, 0.15) is 35.9 Å². The minimum atomic E-state index is -1.60. The van der Waals surface area contributed by atoms with E-state index >= 15 is 0 Å². The summed E-state index contributed by atoms with van der Waals surface area (Å²) >= 11 is 1.24. The van der Waals surface area contributed by atoms with Crippen molar-refractivity contribution < 1.29 is 97.0 Å². The summed E-state index contributed by atoms with van der Waals surface area (Å²) in [6, 6.07) is 8.05. The molecule has 0 aliphatic carbocycles. The molecule has 1 aliphatic heterocycles. The van der Waals surface area contributed by atoms with Crippen LogP contribution in [0.3, 0.4) is 0 Å². The Bertz CT molecular complexity index is 3420. The molecule has 1 aromatic heterocycles. The Morgan fingerprint density at radius 3 is 2.07 bits per heavy atom. The molecule has 30 nitrogen and oxygen atoms in total. The zero-order valence-corrected chi connectivity index (χ0v) is 64.3. The van der Waals surface area contributed by atoms with Crippen molar-refractivity contribution in [3.8, 4) is 5.75 Å². The molecule has 0 spiro atoms. The Hall–Kier alpha value is -8.69. The Balaban J connectivity index is 1.34. The van der Waals surface area contributed by atoms with Crippen molar-refractivity contribution in [3.05, 3.63) is 81.8 Å². The number of ketones is 3. The Labute approximate surface area is 630 Å². The van der Waals surface area contributed by atoms with Gasteiger partial charge in [0.05, 0.1) is 29.9 Å². The molecule has 11 N–H and O–H groups in total. The number of hydrogen-bond donors (Lipinski definition) is 11. The molecule has 2 aromatic carbocycles. The number of amides is 8. The summed E-state index contributed by atoms with van der Waals surface area (Å²) in [7, 11) is 4.00. The largest absolute Gasteiger partial charge is 0.508 e. The van der Waals surface area contributed by atoms with Gasteiger partial charge in [0, 0.05) is 85.4 Å². The van der Waals surface area contributed by atoms with Crippen LogP contribution < -0.4 is 37.4 Å². The van der Waals surface area contributed by atoms with Gasteiger partial charge in [0.15, 0.2) is 18.3 Å². The Morgan fingerprint density at radius 2 is 1.43 bits per heavy atom. The Morgan fingerprint density at radius 1 is 0.745 bits per heavy atom. The number of carbonyl (C=O) groups is 14. The number of aromatic nitrogens is 1. The van der Waals surface area contributed by atoms with Gasteiger partial charge in [0.25, 0.3) is 5.91 Å². The number of Topliss-reactive ketones (excluding diaryl/α,β-unsaturated/α-hetero) is 3. The molecule has 11 atom stereocenters. The second-order valence-corrected chi connectivity index (χ2v) is 30.7. The second kappa shape index (κ2) is 47.1. The number of phenols is 1. The number of nitrogens with one attached hydrogen (secondary N) is 7. The standard InChI is InChI=1S/C73H106N10O20S3/c1-10-19-64(91)103-42-83(69(95)54(44(5)11-2)37-53(86)38-62(88)59-23-16-18-29-82(59)9)60(43(3)4)33-46(7)68-78-57(40-104-68)67(94)76-51(35-49-24-26-52(85)27-25-49)32-45(6)65(92)80-81-73(101)102-30-31-105-106-41-58(71(98)99)77-66(93)50(34-48-20-13-12-14-21-48)36-61(87)56(39-63(89)90)79-72(100)74-28-17-15-22-55(70(96)97)75-47(8)84/h12-14,20-21,24-27,40,43-46,50-51,54-56,58-60,85H,10-11,15-19,22-23,28-39,41-42H2,1-9H3,(H,75,84)(H,76,94)(H,77,93)(H,80,92)(H,81,101)(H,89,90)(H,96,97)(H,98,99)(H2,74,79,100)/t44?,45-,46+,50+,51+,54-,55-,56-,58-,59+,60+/m0/s1. The number of hydrazine groups is 1. The fraction of sp³-hybridized carbons (Fsp3) is 0.603. The molecule has 106 heavy (non-hydrogen) atoms. The SMILES string of the molecule is CCCC(=O)OCN(C(=O)[C@@H](CC(=O)CC(=O)[C@H]1CCCCN1C)C(C)CC)[C@H](C[C@@H](C)c1nc(C(=O)N[C@@H](Cc2ccc(O)cc2)C[C@H](C)C(=O)NNC(=O)OCCSSC[C@H](NC(=O)[C@@H](CC(=O)[C@H](CC(=O)O)NC(=O)NCCCC[C@H](NC(C)=O)C(=O)O)Cc2ccccc2)C(=O)O)cs1)C(C)C. The molecule has 2 heterocycles. The number of likely N-dealkylation sites (N-methyl/N-ethyl adjacent to an activating group) is 1. The molecule has 1 unspecified atom stereocenters. The van der Waals surface area contributed by atoms with Gasteiger partial charge in [-0.15, -0.1) is 11.3 Å². The first-order valence-corrected chi connectivity index (χ1v) is 39.2. The number of unbranched alkanes of at least 4 members (excludes halogenated alkanes) is 1. The van der Waals surface area contributed by atoms with Crippen molar-refractivity contribution in [1.82, 2.24) is 52.2 Å². The number of carbonyl (C=O) groups excluding carboxylic acids is 11. The number of likely N-dealkylation sites (tertiary alicyclic amines) is 1. The number of urea groups is 1. The number of aliphatic carboxylic acids is 3. The number of ether oxygens (including phenoxy) is 2. The topological polar surface area (TPSA) is 442 Å². The van der Waals surface area contributed by atoms with E-state index in [2.05, 4.69) is 37.4 Å². The molecule has 1 aliphatic rings. The maximum atomic E-state index is 15.0. The van der Waals surface area contributed by atoms with Crippen molar-refractivity contribution in [2.45, 2.75) is 207 Å². The Kier molecular flexibility index (Phi) is 39.8. The normalized spacial score (nSPS) is 15.7. The van der Waals surface area contributed by atoms with Crippen molar-refractivity contribution in [1.29, 1.82) is 0 Å². The monoisotopic (exact) mass is 1540 g/mol. The third-order valence-electron chi connectivity index (χ3n) is 18.2. The van der Waals surface area contributed by atoms with E-state index in [-0.39, 0.29) is 142 Å². The first-order chi connectivity index (χ1) is 50.3. The summed E-state index contributed by atoms with van der Waals surface area (Å²) in [6.07, 6.45) is 2.02. The van der Waals surface area contributed by atoms with Crippen LogP contribution in [0.4, 0.5) is 9.59 Å². The fourth-order valence-electron chi connectivity index (χ4n) is 12.1. The zero-order valence-electron chi connectivity index (χ0n) is 61.9. The smallest absolute Gasteiger partial charge is 0.426 e. The summed E-state index contributed by atoms with van der Waals surface area (Å²) in [4.78, 5) is 191. The lowest BCUT2D eigenvalue weighted by Crippen LogP contribution is -2.49. The highest BCUT2D eigenvalue weighted by Gasteiger charge is 2.39. The lowest BCUT2D eigenvalue weighted by atomic mass is 9.83. The van der Waals surface area contributed by atoms with Crippen LogP contribution in [0, 0.1) is 29.6 Å². The van der Waals surface area contributed by atoms with Gasteiger partial charge in [-0.25, -0.2) is 29.6 Å². The number of piperidine rings is 1. The number of nitrogens with zero attached hydrogens (tertiary/aromatic N) is 3. The van der Waals surface area contributed by atoms with Crippen LogP contribution in [-0.4, -0.2) is 199 Å². The van der Waals surface area contributed by atoms with E-state index in [1.165, 1.54) is 30.4 Å². The predicted octanol–water partition coefficient (Wildman–Crippen LogP) is 7.36. The van der Waals surface area contributed by atoms with Gasteiger partial charge in [-0.2, -0.15) is 0 Å². The van der Waals surface area contributed by atoms with E-state index in [4.69, 9.17) is 14.5 Å². The lowest BCUT2D eigenvalue weighted by Gasteiger charge is -2.38. The number of thiazole rings is 1. The highest BCUT2D eigenvalue weighted by molar-refractivity contribution is 8.76. The van der Waals surface area contributed by atoms with E-state index in [0.29, 0.717) is 41.8 Å². The first-order valence-electron chi connectivity index (χ1n) is 35.9. The highest BCUT2D eigenvalue weighted by Crippen LogP contribution is 2.33. The molecule has 4 rings (SSSR count). The molecule has 33 heteroatoms. The van der Waals surface area contributed by atoms with Gasteiger partial charge in [-0.1, -0.05) is 125 Å². The molecule has 586 valence electrons. The van der Waals surface area contributed by atoms with Crippen LogP contribution in [0.5, 0.6) is 5.75 Å². The van der Waals surface area contributed by atoms with Gasteiger partial charge in [-0.3, -0.25) is 58.3 Å². The molecule has 1 fully saturated rings. The van der Waals surface area contributed by atoms with Crippen molar-refractivity contribution in [2.24, 2.45) is 29.6 Å². The van der Waals surface area contributed by atoms with Gasteiger partial charge in [-0.05, 0) is 113 Å². The van der Waals surface area contributed by atoms with E-state index < -0.39 is 126 Å². The lowest BCUT2D eigenvalue weighted by molar-refractivity contribution is -0.160. The summed E-state index contributed by atoms with van der Waals surface area (Å²) in [6.45, 7) is 14.4. The van der Waals surface area contributed by atoms with E-state index in [1.807, 2.05) is 53.5 Å². The average Bonchev–Trinajstić information content (AvgIpc) is 1.42. The zero-order chi connectivity index (χ0) is 78.6. The van der Waals surface area contributed by atoms with Crippen LogP contribution in [0.25, 0.3) is 0 Å². The highest BCUT2D eigenvalue weighted by atomic mass is 33.1. The third kappa shape index (κ3) is 32.6. The molecule has 0 bridgehead atoms. The third-order valence-corrected chi connectivity index (χ3v) is 21.7. The van der Waals surface area contributed by atoms with Crippen molar-refractivity contribution in [2.75, 3.05) is 45.0 Å². The molecule has 0 radical (unpaired) electrons. The van der Waals surface area contributed by atoms with Crippen LogP contribution in [-0.2, 0) is 75.1 Å². The quantitative estimate of drug-likeness (QED) is 0.00656. The first kappa shape index (κ1) is 89.7. The van der Waals surface area contributed by atoms with Crippen LogP contribution in [0.2, 0.25) is 0 Å². The fourth-order valence-corrected chi connectivity index (χ4v) is 14.9. The maximum absolute atomic E-state index is 15.0. The van der Waals surface area contributed by atoms with E-state index in [1.54, 1.807) is 59.7 Å². The molecule has 3 aromatic rings. The molecular weight excluding hydrogens is 1430 g/mol. The van der Waals surface area contributed by atoms with Gasteiger partial charge >= 0.3 is 36.0 Å². The number of esters is 1. The predicted molar refractivity (Wildman–Crippen MR) is 398 cm³/mol. The van der Waals surface area contributed by atoms with Crippen molar-refractivity contribution >= 4 is 116 Å². The molecule has 1 saturated heterocycles. The second-order valence-electron chi connectivity index (χ2n) is 27.2. The molecule has 0 saturated carbocycles. The minimum absolute atomic E-state index is 0.000149. The van der Waals surface area contributed by atoms with Crippen LogP contribution >= 0.6 is 32.9 Å². The van der Waals surface area contributed by atoms with Crippen molar-refractivity contribution in [3.63, 3.8) is 0 Å². The number of benzene rings is 2. The summed E-state index contributed by atoms with van der Waals surface area (Å²) in [5.41, 5.74) is 5.92. The number of carboxylic acid groups (broad SMARTS) is 3. The van der Waals surface area contributed by atoms with E-state index in [9.17, 15) is 87.5 Å². The number of phenolic OH excluding ortho intramolecular Hbond substituents is 1. The number of carboxylic acids is 3. The minimum Gasteiger partial charge on any atom is -0.508 e.